The predicted octanol–water partition coefficient (Wildman–Crippen LogP) is 4.06. The van der Waals surface area contributed by atoms with E-state index in [2.05, 4.69) is 10.5 Å². The van der Waals surface area contributed by atoms with E-state index < -0.39 is 18.5 Å². The standard InChI is InChI=1S/C21H20N2O4/c1-13-9-10-17(11-14(13)2)22-18(24)12-26-21(25)19-15(3)27-23-20(19)16-7-5-4-6-8-16/h4-11H,12H2,1-3H3,(H,22,24). The highest BCUT2D eigenvalue weighted by atomic mass is 16.5. The minimum atomic E-state index is -0.650. The van der Waals surface area contributed by atoms with Crippen LogP contribution in [0.15, 0.2) is 53.1 Å². The first kappa shape index (κ1) is 18.4. The van der Waals surface area contributed by atoms with Crippen LogP contribution < -0.4 is 5.32 Å². The van der Waals surface area contributed by atoms with E-state index in [0.717, 1.165) is 16.7 Å². The van der Waals surface area contributed by atoms with Gasteiger partial charge >= 0.3 is 5.97 Å². The molecule has 0 radical (unpaired) electrons. The van der Waals surface area contributed by atoms with Gasteiger partial charge in [-0.25, -0.2) is 4.79 Å². The number of aromatic nitrogens is 1. The van der Waals surface area contributed by atoms with Gasteiger partial charge in [-0.3, -0.25) is 4.79 Å². The molecule has 2 aromatic carbocycles. The summed E-state index contributed by atoms with van der Waals surface area (Å²) in [6.07, 6.45) is 0. The first-order valence-electron chi connectivity index (χ1n) is 8.51. The fourth-order valence-electron chi connectivity index (χ4n) is 2.63. The van der Waals surface area contributed by atoms with Gasteiger partial charge in [0.15, 0.2) is 6.61 Å². The quantitative estimate of drug-likeness (QED) is 0.691. The number of aryl methyl sites for hydroxylation is 3. The van der Waals surface area contributed by atoms with Crippen molar-refractivity contribution >= 4 is 17.6 Å². The monoisotopic (exact) mass is 364 g/mol. The van der Waals surface area contributed by atoms with E-state index in [1.807, 2.05) is 56.3 Å². The van der Waals surface area contributed by atoms with Crippen molar-refractivity contribution in [2.24, 2.45) is 0 Å². The number of hydrogen-bond donors (Lipinski definition) is 1. The maximum atomic E-state index is 12.5. The lowest BCUT2D eigenvalue weighted by Gasteiger charge is -2.08. The molecule has 1 heterocycles. The molecule has 0 saturated heterocycles. The van der Waals surface area contributed by atoms with Crippen LogP contribution in [0.3, 0.4) is 0 Å². The van der Waals surface area contributed by atoms with Crippen molar-refractivity contribution in [2.75, 3.05) is 11.9 Å². The largest absolute Gasteiger partial charge is 0.452 e. The zero-order chi connectivity index (χ0) is 19.4. The number of esters is 1. The summed E-state index contributed by atoms with van der Waals surface area (Å²) in [4.78, 5) is 24.6. The molecule has 1 N–H and O–H groups in total. The Labute approximate surface area is 157 Å². The molecule has 6 nitrogen and oxygen atoms in total. The molecule has 1 amide bonds. The van der Waals surface area contributed by atoms with Crippen LogP contribution in [0.5, 0.6) is 0 Å². The third-order valence-electron chi connectivity index (χ3n) is 4.24. The summed E-state index contributed by atoms with van der Waals surface area (Å²) >= 11 is 0. The average Bonchev–Trinajstić information content (AvgIpc) is 3.05. The molecular formula is C21H20N2O4. The molecule has 3 rings (SSSR count). The molecule has 0 atom stereocenters. The average molecular weight is 364 g/mol. The Hall–Kier alpha value is -3.41. The van der Waals surface area contributed by atoms with Gasteiger partial charge in [-0.1, -0.05) is 41.6 Å². The summed E-state index contributed by atoms with van der Waals surface area (Å²) in [5.74, 6) is -0.724. The number of anilines is 1. The van der Waals surface area contributed by atoms with Crippen LogP contribution in [-0.4, -0.2) is 23.6 Å². The van der Waals surface area contributed by atoms with Crippen LogP contribution in [0.1, 0.15) is 27.2 Å². The van der Waals surface area contributed by atoms with Crippen molar-refractivity contribution < 1.29 is 18.8 Å². The number of amides is 1. The summed E-state index contributed by atoms with van der Waals surface area (Å²) in [5.41, 5.74) is 4.22. The Bertz CT molecular complexity index is 977. The number of nitrogens with zero attached hydrogens (tertiary/aromatic N) is 1. The Morgan fingerprint density at radius 3 is 2.48 bits per heavy atom. The Morgan fingerprint density at radius 2 is 1.78 bits per heavy atom. The third kappa shape index (κ3) is 4.23. The maximum absolute atomic E-state index is 12.5. The summed E-state index contributed by atoms with van der Waals surface area (Å²) in [7, 11) is 0. The minimum absolute atomic E-state index is 0.222. The molecule has 0 aliphatic carbocycles. The van der Waals surface area contributed by atoms with E-state index in [9.17, 15) is 9.59 Å². The van der Waals surface area contributed by atoms with E-state index >= 15 is 0 Å². The van der Waals surface area contributed by atoms with Crippen LogP contribution in [0.2, 0.25) is 0 Å². The lowest BCUT2D eigenvalue weighted by atomic mass is 10.1. The fraction of sp³-hybridized carbons (Fsp3) is 0.190. The van der Waals surface area contributed by atoms with Crippen LogP contribution in [0.4, 0.5) is 5.69 Å². The number of ether oxygens (including phenoxy) is 1. The topological polar surface area (TPSA) is 81.4 Å². The van der Waals surface area contributed by atoms with Gasteiger partial charge in [-0.15, -0.1) is 0 Å². The van der Waals surface area contributed by atoms with Crippen molar-refractivity contribution in [2.45, 2.75) is 20.8 Å². The highest BCUT2D eigenvalue weighted by Crippen LogP contribution is 2.25. The van der Waals surface area contributed by atoms with E-state index in [1.165, 1.54) is 0 Å². The zero-order valence-electron chi connectivity index (χ0n) is 15.4. The van der Waals surface area contributed by atoms with Gasteiger partial charge in [0.25, 0.3) is 5.91 Å². The van der Waals surface area contributed by atoms with E-state index in [4.69, 9.17) is 9.26 Å². The second-order valence-corrected chi connectivity index (χ2v) is 6.25. The SMILES string of the molecule is Cc1ccc(NC(=O)COC(=O)c2c(-c3ccccc3)noc2C)cc1C. The van der Waals surface area contributed by atoms with Gasteiger partial charge in [0, 0.05) is 11.3 Å². The van der Waals surface area contributed by atoms with Gasteiger partial charge in [0.1, 0.15) is 17.0 Å². The van der Waals surface area contributed by atoms with Gasteiger partial charge in [0.2, 0.25) is 0 Å². The van der Waals surface area contributed by atoms with Gasteiger partial charge in [-0.05, 0) is 44.0 Å². The van der Waals surface area contributed by atoms with Gasteiger partial charge in [-0.2, -0.15) is 0 Å². The number of hydrogen-bond acceptors (Lipinski definition) is 5. The Kier molecular flexibility index (Phi) is 5.35. The predicted molar refractivity (Wildman–Crippen MR) is 102 cm³/mol. The molecule has 0 bridgehead atoms. The highest BCUT2D eigenvalue weighted by molar-refractivity contribution is 5.99. The molecule has 27 heavy (non-hydrogen) atoms. The van der Waals surface area contributed by atoms with E-state index in [1.54, 1.807) is 13.0 Å². The van der Waals surface area contributed by atoms with Crippen LogP contribution in [0.25, 0.3) is 11.3 Å². The van der Waals surface area contributed by atoms with Crippen molar-refractivity contribution in [3.05, 3.63) is 71.0 Å². The van der Waals surface area contributed by atoms with Crippen molar-refractivity contribution in [1.29, 1.82) is 0 Å². The fourth-order valence-corrected chi connectivity index (χ4v) is 2.63. The van der Waals surface area contributed by atoms with E-state index in [0.29, 0.717) is 17.1 Å². The summed E-state index contributed by atoms with van der Waals surface area (Å²) in [5, 5.41) is 6.66. The second kappa shape index (κ2) is 7.86. The number of nitrogens with one attached hydrogen (secondary N) is 1. The van der Waals surface area contributed by atoms with Crippen LogP contribution in [0, 0.1) is 20.8 Å². The number of carbonyl (C=O) groups is 2. The molecular weight excluding hydrogens is 344 g/mol. The molecule has 3 aromatic rings. The maximum Gasteiger partial charge on any atom is 0.344 e. The van der Waals surface area contributed by atoms with Crippen molar-refractivity contribution in [3.8, 4) is 11.3 Å². The van der Waals surface area contributed by atoms with Gasteiger partial charge < -0.3 is 14.6 Å². The zero-order valence-corrected chi connectivity index (χ0v) is 15.4. The Balaban J connectivity index is 1.67. The summed E-state index contributed by atoms with van der Waals surface area (Å²) < 4.78 is 10.3. The first-order valence-corrected chi connectivity index (χ1v) is 8.51. The minimum Gasteiger partial charge on any atom is -0.452 e. The molecule has 0 unspecified atom stereocenters. The normalized spacial score (nSPS) is 10.5. The number of rotatable bonds is 5. The lowest BCUT2D eigenvalue weighted by Crippen LogP contribution is -2.21. The molecule has 0 saturated carbocycles. The molecule has 0 aliphatic heterocycles. The highest BCUT2D eigenvalue weighted by Gasteiger charge is 2.23. The number of benzene rings is 2. The first-order chi connectivity index (χ1) is 13.0. The van der Waals surface area contributed by atoms with E-state index in [-0.39, 0.29) is 5.56 Å². The van der Waals surface area contributed by atoms with Crippen LogP contribution >= 0.6 is 0 Å². The van der Waals surface area contributed by atoms with Gasteiger partial charge in [0.05, 0.1) is 0 Å². The lowest BCUT2D eigenvalue weighted by molar-refractivity contribution is -0.119. The second-order valence-electron chi connectivity index (χ2n) is 6.25. The molecule has 0 spiro atoms. The molecule has 138 valence electrons. The smallest absolute Gasteiger partial charge is 0.344 e. The molecule has 0 fully saturated rings. The number of carbonyl (C=O) groups excluding carboxylic acids is 2. The van der Waals surface area contributed by atoms with Crippen LogP contribution in [-0.2, 0) is 9.53 Å². The molecule has 0 aliphatic rings. The molecule has 1 aromatic heterocycles. The third-order valence-corrected chi connectivity index (χ3v) is 4.24. The Morgan fingerprint density at radius 1 is 1.04 bits per heavy atom. The van der Waals surface area contributed by atoms with Crippen molar-refractivity contribution in [3.63, 3.8) is 0 Å². The summed E-state index contributed by atoms with van der Waals surface area (Å²) in [6.45, 7) is 5.19. The van der Waals surface area contributed by atoms with Crippen molar-refractivity contribution in [1.82, 2.24) is 5.16 Å². The molecule has 6 heteroatoms. The summed E-state index contributed by atoms with van der Waals surface area (Å²) in [6, 6.07) is 14.8.